The zero-order chi connectivity index (χ0) is 14.2. The fourth-order valence-electron chi connectivity index (χ4n) is 1.21. The van der Waals surface area contributed by atoms with Crippen molar-refractivity contribution in [1.29, 1.82) is 0 Å². The number of carboxylic acids is 1. The smallest absolute Gasteiger partial charge is 0.307 e. The van der Waals surface area contributed by atoms with Gasteiger partial charge in [-0.3, -0.25) is 9.59 Å². The quantitative estimate of drug-likeness (QED) is 0.574. The van der Waals surface area contributed by atoms with Crippen LogP contribution in [0.3, 0.4) is 0 Å². The molecule has 0 saturated heterocycles. The van der Waals surface area contributed by atoms with Gasteiger partial charge in [0.1, 0.15) is 0 Å². The number of methoxy groups -OCH3 is 1. The van der Waals surface area contributed by atoms with Gasteiger partial charge in [0.05, 0.1) is 18.8 Å². The minimum atomic E-state index is -3.55. The fraction of sp³-hybridized carbons (Fsp3) is 0.800. The largest absolute Gasteiger partial charge is 0.481 e. The molecule has 0 amide bonds. The summed E-state index contributed by atoms with van der Waals surface area (Å²) in [6, 6.07) is 0. The monoisotopic (exact) mass is 281 g/mol. The van der Waals surface area contributed by atoms with Crippen LogP contribution in [0.4, 0.5) is 0 Å². The summed E-state index contributed by atoms with van der Waals surface area (Å²) in [4.78, 5) is 21.5. The molecule has 0 spiro atoms. The zero-order valence-electron chi connectivity index (χ0n) is 10.5. The molecular formula is C10H19NO6S. The molecule has 7 nitrogen and oxygen atoms in total. The molecule has 106 valence electrons. The molecule has 0 aromatic rings. The molecule has 0 aromatic heterocycles. The topological polar surface area (TPSA) is 110 Å². The molecule has 0 radical (unpaired) electrons. The van der Waals surface area contributed by atoms with E-state index in [0.717, 1.165) is 0 Å². The third kappa shape index (κ3) is 7.23. The lowest BCUT2D eigenvalue weighted by atomic mass is 10.1. The number of carboxylic acid groups (broad SMARTS) is 1. The maximum absolute atomic E-state index is 11.5. The van der Waals surface area contributed by atoms with Gasteiger partial charge in [0.15, 0.2) is 0 Å². The number of esters is 1. The molecule has 0 fully saturated rings. The van der Waals surface area contributed by atoms with E-state index in [1.807, 2.05) is 0 Å². The highest BCUT2D eigenvalue weighted by Gasteiger charge is 2.18. The third-order valence-corrected chi connectivity index (χ3v) is 3.85. The highest BCUT2D eigenvalue weighted by Crippen LogP contribution is 2.03. The highest BCUT2D eigenvalue weighted by atomic mass is 32.2. The minimum absolute atomic E-state index is 0.0214. The normalized spacial score (nSPS) is 13.0. The van der Waals surface area contributed by atoms with Gasteiger partial charge in [0, 0.05) is 13.0 Å². The van der Waals surface area contributed by atoms with Gasteiger partial charge in [-0.25, -0.2) is 13.1 Å². The Hall–Kier alpha value is -1.15. The summed E-state index contributed by atoms with van der Waals surface area (Å²) in [5.74, 6) is -2.46. The molecule has 0 aliphatic rings. The Balaban J connectivity index is 4.08. The molecule has 0 aliphatic heterocycles. The lowest BCUT2D eigenvalue weighted by molar-refractivity contribution is -0.142. The van der Waals surface area contributed by atoms with Crippen molar-refractivity contribution >= 4 is 22.0 Å². The van der Waals surface area contributed by atoms with Gasteiger partial charge < -0.3 is 9.84 Å². The second-order valence-electron chi connectivity index (χ2n) is 3.79. The molecule has 0 bridgehead atoms. The lowest BCUT2D eigenvalue weighted by Crippen LogP contribution is -2.34. The minimum Gasteiger partial charge on any atom is -0.481 e. The average molecular weight is 281 g/mol. The molecule has 8 heteroatoms. The van der Waals surface area contributed by atoms with Crippen molar-refractivity contribution in [3.8, 4) is 0 Å². The predicted octanol–water partition coefficient (Wildman–Crippen LogP) is -0.0302. The Labute approximate surface area is 107 Å². The van der Waals surface area contributed by atoms with Gasteiger partial charge in [0.2, 0.25) is 10.0 Å². The number of carbonyl (C=O) groups is 2. The number of ether oxygens (including phenoxy) is 1. The summed E-state index contributed by atoms with van der Waals surface area (Å²) < 4.78 is 29.6. The predicted molar refractivity (Wildman–Crippen MR) is 64.5 cm³/mol. The second-order valence-corrected chi connectivity index (χ2v) is 5.72. The van der Waals surface area contributed by atoms with Crippen LogP contribution < -0.4 is 4.72 Å². The maximum Gasteiger partial charge on any atom is 0.307 e. The summed E-state index contributed by atoms with van der Waals surface area (Å²) >= 11 is 0. The molecule has 0 saturated carbocycles. The number of carbonyl (C=O) groups excluding carboxylic acids is 1. The van der Waals surface area contributed by atoms with Crippen LogP contribution in [-0.2, 0) is 24.3 Å². The number of sulfonamides is 1. The van der Waals surface area contributed by atoms with Crippen LogP contribution in [0.25, 0.3) is 0 Å². The van der Waals surface area contributed by atoms with E-state index in [9.17, 15) is 18.0 Å². The Bertz CT molecular complexity index is 378. The van der Waals surface area contributed by atoms with Crippen molar-refractivity contribution in [3.05, 3.63) is 0 Å². The zero-order valence-corrected chi connectivity index (χ0v) is 11.3. The number of hydrogen-bond donors (Lipinski definition) is 2. The molecule has 0 aromatic carbocycles. The van der Waals surface area contributed by atoms with E-state index >= 15 is 0 Å². The molecule has 1 unspecified atom stereocenters. The van der Waals surface area contributed by atoms with Crippen LogP contribution in [0.5, 0.6) is 0 Å². The van der Waals surface area contributed by atoms with Crippen molar-refractivity contribution in [2.45, 2.75) is 26.2 Å². The van der Waals surface area contributed by atoms with Crippen molar-refractivity contribution in [3.63, 3.8) is 0 Å². The van der Waals surface area contributed by atoms with Gasteiger partial charge in [-0.2, -0.15) is 0 Å². The first kappa shape index (κ1) is 16.9. The number of hydrogen-bond acceptors (Lipinski definition) is 5. The summed E-state index contributed by atoms with van der Waals surface area (Å²) in [5, 5.41) is 8.75. The molecular weight excluding hydrogens is 262 g/mol. The molecule has 2 N–H and O–H groups in total. The number of rotatable bonds is 9. The average Bonchev–Trinajstić information content (AvgIpc) is 2.28. The fourth-order valence-corrected chi connectivity index (χ4v) is 2.34. The Kier molecular flexibility index (Phi) is 7.53. The van der Waals surface area contributed by atoms with E-state index in [4.69, 9.17) is 5.11 Å². The molecule has 1 atom stereocenters. The summed E-state index contributed by atoms with van der Waals surface area (Å²) in [5.41, 5.74) is 0. The Morgan fingerprint density at radius 2 is 2.00 bits per heavy atom. The van der Waals surface area contributed by atoms with E-state index in [-0.39, 0.29) is 25.1 Å². The lowest BCUT2D eigenvalue weighted by Gasteiger charge is -2.11. The maximum atomic E-state index is 11.5. The first-order valence-electron chi connectivity index (χ1n) is 5.59. The first-order valence-corrected chi connectivity index (χ1v) is 7.24. The standard InChI is InChI=1S/C10H19NO6S/c1-3-8(10(13)14)7-11-18(15,16)6-4-5-9(12)17-2/h8,11H,3-7H2,1-2H3,(H,13,14). The van der Waals surface area contributed by atoms with Gasteiger partial charge in [-0.05, 0) is 12.8 Å². The molecule has 0 rings (SSSR count). The summed E-state index contributed by atoms with van der Waals surface area (Å²) in [7, 11) is -2.32. The van der Waals surface area contributed by atoms with E-state index in [1.54, 1.807) is 6.92 Å². The van der Waals surface area contributed by atoms with Gasteiger partial charge in [-0.1, -0.05) is 6.92 Å². The first-order chi connectivity index (χ1) is 8.32. The van der Waals surface area contributed by atoms with Gasteiger partial charge >= 0.3 is 11.9 Å². The van der Waals surface area contributed by atoms with E-state index in [2.05, 4.69) is 9.46 Å². The third-order valence-electron chi connectivity index (χ3n) is 2.41. The number of aliphatic carboxylic acids is 1. The Morgan fingerprint density at radius 3 is 2.44 bits per heavy atom. The summed E-state index contributed by atoms with van der Waals surface area (Å²) in [6.45, 7) is 1.54. The van der Waals surface area contributed by atoms with Crippen molar-refractivity contribution in [2.75, 3.05) is 19.4 Å². The summed E-state index contributed by atoms with van der Waals surface area (Å²) in [6.07, 6.45) is 0.513. The molecule has 18 heavy (non-hydrogen) atoms. The van der Waals surface area contributed by atoms with E-state index < -0.39 is 27.9 Å². The SMILES string of the molecule is CCC(CNS(=O)(=O)CCCC(=O)OC)C(=O)O. The van der Waals surface area contributed by atoms with Crippen LogP contribution >= 0.6 is 0 Å². The van der Waals surface area contributed by atoms with Crippen molar-refractivity contribution < 1.29 is 27.9 Å². The van der Waals surface area contributed by atoms with E-state index in [0.29, 0.717) is 6.42 Å². The van der Waals surface area contributed by atoms with Crippen LogP contribution in [0.15, 0.2) is 0 Å². The van der Waals surface area contributed by atoms with Crippen LogP contribution in [0.1, 0.15) is 26.2 Å². The Morgan fingerprint density at radius 1 is 1.39 bits per heavy atom. The van der Waals surface area contributed by atoms with Gasteiger partial charge in [0.25, 0.3) is 0 Å². The molecule has 0 aliphatic carbocycles. The van der Waals surface area contributed by atoms with Crippen LogP contribution in [-0.4, -0.2) is 44.9 Å². The van der Waals surface area contributed by atoms with Crippen LogP contribution in [0, 0.1) is 5.92 Å². The van der Waals surface area contributed by atoms with E-state index in [1.165, 1.54) is 7.11 Å². The van der Waals surface area contributed by atoms with Crippen LogP contribution in [0.2, 0.25) is 0 Å². The molecule has 0 heterocycles. The number of nitrogens with one attached hydrogen (secondary N) is 1. The van der Waals surface area contributed by atoms with Gasteiger partial charge in [-0.15, -0.1) is 0 Å². The van der Waals surface area contributed by atoms with Crippen molar-refractivity contribution in [1.82, 2.24) is 4.72 Å². The highest BCUT2D eigenvalue weighted by molar-refractivity contribution is 7.89. The van der Waals surface area contributed by atoms with Crippen molar-refractivity contribution in [2.24, 2.45) is 5.92 Å². The second kappa shape index (κ2) is 8.04.